The van der Waals surface area contributed by atoms with E-state index >= 15 is 0 Å². The van der Waals surface area contributed by atoms with Gasteiger partial charge < -0.3 is 5.32 Å². The normalized spacial score (nSPS) is 12.4. The number of carbonyl (C=O) groups is 1. The van der Waals surface area contributed by atoms with E-state index in [1.807, 2.05) is 19.1 Å². The monoisotopic (exact) mass is 335 g/mol. The topological polar surface area (TPSA) is 72.7 Å². The SMILES string of the molecule is CC(C)CC[C@H](C)NC(=O)Cn1nnc(-c2cccc(Cl)c2)n1. The van der Waals surface area contributed by atoms with Gasteiger partial charge in [-0.05, 0) is 43.0 Å². The summed E-state index contributed by atoms with van der Waals surface area (Å²) in [5.74, 6) is 0.969. The van der Waals surface area contributed by atoms with Crippen LogP contribution in [0.15, 0.2) is 24.3 Å². The Hall–Kier alpha value is -1.95. The molecule has 1 amide bonds. The van der Waals surface area contributed by atoms with Gasteiger partial charge in [-0.15, -0.1) is 10.2 Å². The maximum absolute atomic E-state index is 12.0. The molecule has 6 nitrogen and oxygen atoms in total. The van der Waals surface area contributed by atoms with Crippen LogP contribution in [0.25, 0.3) is 11.4 Å². The van der Waals surface area contributed by atoms with Crippen LogP contribution in [-0.4, -0.2) is 32.2 Å². The quantitative estimate of drug-likeness (QED) is 0.844. The number of nitrogens with one attached hydrogen (secondary N) is 1. The molecule has 1 atom stereocenters. The Morgan fingerprint density at radius 2 is 2.09 bits per heavy atom. The second-order valence-electron chi connectivity index (χ2n) is 6.09. The van der Waals surface area contributed by atoms with Gasteiger partial charge in [-0.3, -0.25) is 4.79 Å². The molecule has 1 N–H and O–H groups in total. The van der Waals surface area contributed by atoms with Crippen LogP contribution in [0, 0.1) is 5.92 Å². The van der Waals surface area contributed by atoms with Crippen LogP contribution < -0.4 is 5.32 Å². The molecule has 0 saturated carbocycles. The van der Waals surface area contributed by atoms with Crippen LogP contribution in [0.5, 0.6) is 0 Å². The highest BCUT2D eigenvalue weighted by atomic mass is 35.5. The number of hydrogen-bond donors (Lipinski definition) is 1. The van der Waals surface area contributed by atoms with Crippen molar-refractivity contribution in [3.63, 3.8) is 0 Å². The Bertz CT molecular complexity index is 655. The van der Waals surface area contributed by atoms with Crippen LogP contribution in [0.1, 0.15) is 33.6 Å². The second-order valence-corrected chi connectivity index (χ2v) is 6.53. The molecule has 0 aliphatic carbocycles. The summed E-state index contributed by atoms with van der Waals surface area (Å²) in [7, 11) is 0. The molecule has 0 spiro atoms. The first-order chi connectivity index (χ1) is 10.9. The molecule has 1 aromatic heterocycles. The molecule has 23 heavy (non-hydrogen) atoms. The number of carbonyl (C=O) groups excluding carboxylic acids is 1. The van der Waals surface area contributed by atoms with E-state index in [0.717, 1.165) is 18.4 Å². The first-order valence-corrected chi connectivity index (χ1v) is 8.15. The summed E-state index contributed by atoms with van der Waals surface area (Å²) >= 11 is 5.95. The van der Waals surface area contributed by atoms with Gasteiger partial charge >= 0.3 is 0 Å². The van der Waals surface area contributed by atoms with Gasteiger partial charge in [0.15, 0.2) is 0 Å². The fourth-order valence-corrected chi connectivity index (χ4v) is 2.35. The van der Waals surface area contributed by atoms with Gasteiger partial charge in [-0.1, -0.05) is 37.6 Å². The number of amides is 1. The molecule has 2 aromatic rings. The molecule has 7 heteroatoms. The summed E-state index contributed by atoms with van der Waals surface area (Å²) in [4.78, 5) is 13.3. The number of benzene rings is 1. The lowest BCUT2D eigenvalue weighted by atomic mass is 10.0. The highest BCUT2D eigenvalue weighted by Gasteiger charge is 2.12. The van der Waals surface area contributed by atoms with Gasteiger partial charge in [0, 0.05) is 16.6 Å². The van der Waals surface area contributed by atoms with E-state index in [0.29, 0.717) is 16.8 Å². The van der Waals surface area contributed by atoms with Gasteiger partial charge in [0.25, 0.3) is 0 Å². The smallest absolute Gasteiger partial charge is 0.243 e. The zero-order chi connectivity index (χ0) is 16.8. The first kappa shape index (κ1) is 17.4. The zero-order valence-electron chi connectivity index (χ0n) is 13.7. The van der Waals surface area contributed by atoms with Crippen LogP contribution in [0.3, 0.4) is 0 Å². The van der Waals surface area contributed by atoms with Crippen molar-refractivity contribution in [2.45, 2.75) is 46.2 Å². The Morgan fingerprint density at radius 1 is 1.30 bits per heavy atom. The summed E-state index contributed by atoms with van der Waals surface area (Å²) < 4.78 is 0. The van der Waals surface area contributed by atoms with E-state index in [4.69, 9.17) is 11.6 Å². The number of aromatic nitrogens is 4. The fraction of sp³-hybridized carbons (Fsp3) is 0.500. The van der Waals surface area contributed by atoms with Crippen LogP contribution >= 0.6 is 11.6 Å². The summed E-state index contributed by atoms with van der Waals surface area (Å²) in [5, 5.41) is 15.7. The Morgan fingerprint density at radius 3 is 2.78 bits per heavy atom. The first-order valence-electron chi connectivity index (χ1n) is 7.77. The van der Waals surface area contributed by atoms with Gasteiger partial charge in [-0.2, -0.15) is 4.80 Å². The van der Waals surface area contributed by atoms with E-state index in [2.05, 4.69) is 34.6 Å². The van der Waals surface area contributed by atoms with Gasteiger partial charge in [0.05, 0.1) is 0 Å². The third-order valence-electron chi connectivity index (χ3n) is 3.41. The third-order valence-corrected chi connectivity index (χ3v) is 3.64. The Labute approximate surface area is 141 Å². The van der Waals surface area contributed by atoms with Crippen LogP contribution in [-0.2, 0) is 11.3 Å². The van der Waals surface area contributed by atoms with Crippen molar-refractivity contribution in [1.29, 1.82) is 0 Å². The zero-order valence-corrected chi connectivity index (χ0v) is 14.4. The average Bonchev–Trinajstić information content (AvgIpc) is 2.93. The van der Waals surface area contributed by atoms with Gasteiger partial charge in [0.2, 0.25) is 11.7 Å². The molecule has 1 aromatic carbocycles. The molecule has 0 radical (unpaired) electrons. The molecular weight excluding hydrogens is 314 g/mol. The van der Waals surface area contributed by atoms with E-state index in [9.17, 15) is 4.79 Å². The lowest BCUT2D eigenvalue weighted by Crippen LogP contribution is -2.35. The molecule has 124 valence electrons. The molecule has 0 bridgehead atoms. The predicted octanol–water partition coefficient (Wildman–Crippen LogP) is 2.93. The van der Waals surface area contributed by atoms with Crippen molar-refractivity contribution in [3.8, 4) is 11.4 Å². The van der Waals surface area contributed by atoms with E-state index < -0.39 is 0 Å². The number of tetrazole rings is 1. The molecular formula is C16H22ClN5O. The summed E-state index contributed by atoms with van der Waals surface area (Å²) in [6, 6.07) is 7.35. The molecule has 0 aliphatic heterocycles. The second kappa shape index (κ2) is 8.06. The van der Waals surface area contributed by atoms with Crippen molar-refractivity contribution in [2.75, 3.05) is 0 Å². The molecule has 0 aliphatic rings. The largest absolute Gasteiger partial charge is 0.352 e. The number of hydrogen-bond acceptors (Lipinski definition) is 4. The molecule has 1 heterocycles. The van der Waals surface area contributed by atoms with Crippen molar-refractivity contribution in [1.82, 2.24) is 25.5 Å². The number of halogens is 1. The minimum Gasteiger partial charge on any atom is -0.352 e. The molecule has 0 unspecified atom stereocenters. The van der Waals surface area contributed by atoms with E-state index in [1.54, 1.807) is 12.1 Å². The van der Waals surface area contributed by atoms with Crippen molar-refractivity contribution >= 4 is 17.5 Å². The molecule has 2 rings (SSSR count). The van der Waals surface area contributed by atoms with Crippen molar-refractivity contribution in [2.24, 2.45) is 5.92 Å². The predicted molar refractivity (Wildman–Crippen MR) is 89.9 cm³/mol. The summed E-state index contributed by atoms with van der Waals surface area (Å²) in [5.41, 5.74) is 0.773. The minimum absolute atomic E-state index is 0.0551. The Kier molecular flexibility index (Phi) is 6.10. The number of nitrogens with zero attached hydrogens (tertiary/aromatic N) is 4. The maximum atomic E-state index is 12.0. The summed E-state index contributed by atoms with van der Waals surface area (Å²) in [6.07, 6.45) is 2.05. The molecule has 0 fully saturated rings. The minimum atomic E-state index is -0.115. The van der Waals surface area contributed by atoms with E-state index in [-0.39, 0.29) is 18.5 Å². The van der Waals surface area contributed by atoms with Crippen molar-refractivity contribution in [3.05, 3.63) is 29.3 Å². The highest BCUT2D eigenvalue weighted by molar-refractivity contribution is 6.30. The maximum Gasteiger partial charge on any atom is 0.243 e. The lowest BCUT2D eigenvalue weighted by Gasteiger charge is -2.14. The van der Waals surface area contributed by atoms with Gasteiger partial charge in [-0.25, -0.2) is 0 Å². The van der Waals surface area contributed by atoms with Gasteiger partial charge in [0.1, 0.15) is 6.54 Å². The van der Waals surface area contributed by atoms with E-state index in [1.165, 1.54) is 4.80 Å². The summed E-state index contributed by atoms with van der Waals surface area (Å²) in [6.45, 7) is 6.41. The number of rotatable bonds is 7. The van der Waals surface area contributed by atoms with Crippen LogP contribution in [0.4, 0.5) is 0 Å². The standard InChI is InChI=1S/C16H22ClN5O/c1-11(2)7-8-12(3)18-15(23)10-22-20-16(19-21-22)13-5-4-6-14(17)9-13/h4-6,9,11-12H,7-8,10H2,1-3H3,(H,18,23)/t12-/m0/s1. The van der Waals surface area contributed by atoms with Crippen LogP contribution in [0.2, 0.25) is 5.02 Å². The lowest BCUT2D eigenvalue weighted by molar-refractivity contribution is -0.122. The fourth-order valence-electron chi connectivity index (χ4n) is 2.16. The highest BCUT2D eigenvalue weighted by Crippen LogP contribution is 2.18. The van der Waals surface area contributed by atoms with Crippen molar-refractivity contribution < 1.29 is 4.79 Å². The Balaban J connectivity index is 1.90. The average molecular weight is 336 g/mol. The third kappa shape index (κ3) is 5.63. The molecule has 0 saturated heterocycles.